The van der Waals surface area contributed by atoms with E-state index in [2.05, 4.69) is 127 Å². The molecule has 11 rings (SSSR count). The number of aromatic nitrogens is 3. The van der Waals surface area contributed by atoms with Gasteiger partial charge in [0.2, 0.25) is 0 Å². The van der Waals surface area contributed by atoms with Gasteiger partial charge in [0.25, 0.3) is 0 Å². The Balaban J connectivity index is 1.15. The molecule has 0 bridgehead atoms. The van der Waals surface area contributed by atoms with Crippen LogP contribution in [0.5, 0.6) is 0 Å². The predicted octanol–water partition coefficient (Wildman–Crippen LogP) is 12.8. The van der Waals surface area contributed by atoms with Crippen LogP contribution in [0.1, 0.15) is 0 Å². The zero-order valence-corrected chi connectivity index (χ0v) is 28.6. The van der Waals surface area contributed by atoms with E-state index >= 15 is 0 Å². The van der Waals surface area contributed by atoms with Gasteiger partial charge in [0.1, 0.15) is 11.2 Å². The largest absolute Gasteiger partial charge is 0.456 e. The predicted molar refractivity (Wildman–Crippen MR) is 211 cm³/mol. The average Bonchev–Trinajstić information content (AvgIpc) is 3.57. The molecule has 4 nitrogen and oxygen atoms in total. The molecule has 0 unspecified atom stereocenters. The number of nitrogens with zero attached hydrogens (tertiary/aromatic N) is 3. The van der Waals surface area contributed by atoms with Crippen molar-refractivity contribution in [2.75, 3.05) is 0 Å². The van der Waals surface area contributed by atoms with Crippen molar-refractivity contribution in [1.29, 1.82) is 0 Å². The summed E-state index contributed by atoms with van der Waals surface area (Å²) in [5.41, 5.74) is 4.56. The normalized spacial score (nSPS) is 12.5. The van der Waals surface area contributed by atoms with Crippen LogP contribution in [0.3, 0.4) is 0 Å². The Labute approximate surface area is 301 Å². The molecule has 10 aromatic rings. The van der Waals surface area contributed by atoms with Gasteiger partial charge < -0.3 is 4.42 Å². The van der Waals surface area contributed by atoms with Crippen molar-refractivity contribution in [3.8, 4) is 34.2 Å². The second-order valence-electron chi connectivity index (χ2n) is 12.8. The third-order valence-electron chi connectivity index (χ3n) is 9.77. The molecule has 1 aliphatic rings. The lowest BCUT2D eigenvalue weighted by atomic mass is 9.93. The fourth-order valence-electron chi connectivity index (χ4n) is 7.39. The van der Waals surface area contributed by atoms with Crippen LogP contribution in [0, 0.1) is 0 Å². The molecule has 0 radical (unpaired) electrons. The number of hydrogen-bond donors (Lipinski definition) is 0. The number of benzene rings is 8. The summed E-state index contributed by atoms with van der Waals surface area (Å²) in [5.74, 6) is 1.91. The molecule has 2 aromatic heterocycles. The molecule has 6 heteroatoms. The topological polar surface area (TPSA) is 51.8 Å². The van der Waals surface area contributed by atoms with Crippen LogP contribution in [0.15, 0.2) is 176 Å². The van der Waals surface area contributed by atoms with E-state index in [1.165, 1.54) is 47.0 Å². The standard InChI is InChI=1S/C45H25N3OS2/c1-2-12-30-28(10-1)29-11-3-4-13-31(29)35-24-26(20-22-32(30)35)43-46-44(27-21-23-38-36(25-27)33-14-5-6-16-37(33)49-38)48-45(47-43)34-15-9-19-41-42(34)51-40-18-8-7-17-39(40)50-41/h1-25H. The first-order chi connectivity index (χ1) is 25.2. The molecule has 51 heavy (non-hydrogen) atoms. The van der Waals surface area contributed by atoms with Gasteiger partial charge in [-0.05, 0) is 86.9 Å². The van der Waals surface area contributed by atoms with Gasteiger partial charge in [0, 0.05) is 47.0 Å². The summed E-state index contributed by atoms with van der Waals surface area (Å²) in [6, 6.07) is 53.3. The number of hydrogen-bond acceptors (Lipinski definition) is 6. The van der Waals surface area contributed by atoms with Gasteiger partial charge in [0.15, 0.2) is 17.5 Å². The summed E-state index contributed by atoms with van der Waals surface area (Å²) < 4.78 is 6.17. The first-order valence-electron chi connectivity index (χ1n) is 16.8. The first-order valence-corrected chi connectivity index (χ1v) is 18.5. The fourth-order valence-corrected chi connectivity index (χ4v) is 9.77. The summed E-state index contributed by atoms with van der Waals surface area (Å²) >= 11 is 3.58. The Hall–Kier alpha value is -5.95. The SMILES string of the molecule is c1ccc2c(c1)Sc1cccc(-c3nc(-c4ccc5oc6ccccc6c5c4)nc(-c4ccc5c6ccccc6c6ccccc6c5c4)n3)c1S2. The number of fused-ring (bicyclic) bond motifs is 11. The summed E-state index contributed by atoms with van der Waals surface area (Å²) in [5, 5.41) is 9.44. The average molecular weight is 688 g/mol. The molecule has 8 aromatic carbocycles. The van der Waals surface area contributed by atoms with Crippen LogP contribution in [0.25, 0.3) is 88.4 Å². The van der Waals surface area contributed by atoms with Crippen LogP contribution in [0.4, 0.5) is 0 Å². The Morgan fingerprint density at radius 3 is 1.59 bits per heavy atom. The molecule has 0 spiro atoms. The summed E-state index contributed by atoms with van der Waals surface area (Å²) in [7, 11) is 0. The van der Waals surface area contributed by atoms with E-state index in [1.54, 1.807) is 23.5 Å². The van der Waals surface area contributed by atoms with Crippen LogP contribution < -0.4 is 0 Å². The molecule has 0 fully saturated rings. The number of rotatable bonds is 3. The van der Waals surface area contributed by atoms with Crippen LogP contribution in [-0.4, -0.2) is 15.0 Å². The van der Waals surface area contributed by atoms with Gasteiger partial charge in [-0.2, -0.15) is 0 Å². The third-order valence-corrected chi connectivity index (χ3v) is 12.4. The highest BCUT2D eigenvalue weighted by Gasteiger charge is 2.23. The maximum Gasteiger partial charge on any atom is 0.165 e. The van der Waals surface area contributed by atoms with Gasteiger partial charge >= 0.3 is 0 Å². The molecular formula is C45H25N3OS2. The second kappa shape index (κ2) is 11.3. The van der Waals surface area contributed by atoms with Crippen molar-refractivity contribution >= 4 is 77.8 Å². The van der Waals surface area contributed by atoms with E-state index in [9.17, 15) is 0 Å². The van der Waals surface area contributed by atoms with E-state index in [1.807, 2.05) is 24.3 Å². The lowest BCUT2D eigenvalue weighted by molar-refractivity contribution is 0.669. The van der Waals surface area contributed by atoms with Crippen LogP contribution >= 0.6 is 23.5 Å². The minimum Gasteiger partial charge on any atom is -0.456 e. The van der Waals surface area contributed by atoms with E-state index in [0.29, 0.717) is 17.5 Å². The molecule has 0 saturated heterocycles. The molecule has 0 amide bonds. The van der Waals surface area contributed by atoms with E-state index < -0.39 is 0 Å². The number of para-hydroxylation sites is 1. The lowest BCUT2D eigenvalue weighted by Crippen LogP contribution is -2.02. The van der Waals surface area contributed by atoms with Gasteiger partial charge in [-0.3, -0.25) is 0 Å². The highest BCUT2D eigenvalue weighted by molar-refractivity contribution is 8.05. The quantitative estimate of drug-likeness (QED) is 0.172. The molecule has 0 N–H and O–H groups in total. The second-order valence-corrected chi connectivity index (χ2v) is 14.9. The maximum absolute atomic E-state index is 6.17. The van der Waals surface area contributed by atoms with Crippen molar-refractivity contribution in [2.45, 2.75) is 19.6 Å². The molecular weight excluding hydrogens is 663 g/mol. The summed E-state index contributed by atoms with van der Waals surface area (Å²) in [6.07, 6.45) is 0. The molecule has 3 heterocycles. The molecule has 1 aliphatic heterocycles. The number of furan rings is 1. The van der Waals surface area contributed by atoms with Crippen molar-refractivity contribution in [3.05, 3.63) is 152 Å². The third kappa shape index (κ3) is 4.61. The van der Waals surface area contributed by atoms with Gasteiger partial charge in [0.05, 0.1) is 0 Å². The van der Waals surface area contributed by atoms with Crippen LogP contribution in [-0.2, 0) is 0 Å². The molecule has 238 valence electrons. The highest BCUT2D eigenvalue weighted by Crippen LogP contribution is 2.51. The zero-order valence-electron chi connectivity index (χ0n) is 27.0. The summed E-state index contributed by atoms with van der Waals surface area (Å²) in [4.78, 5) is 20.5. The zero-order chi connectivity index (χ0) is 33.5. The van der Waals surface area contributed by atoms with E-state index in [4.69, 9.17) is 19.4 Å². The Morgan fingerprint density at radius 1 is 0.353 bits per heavy atom. The summed E-state index contributed by atoms with van der Waals surface area (Å²) in [6.45, 7) is 0. The van der Waals surface area contributed by atoms with Crippen molar-refractivity contribution < 1.29 is 4.42 Å². The highest BCUT2D eigenvalue weighted by atomic mass is 32.2. The maximum atomic E-state index is 6.17. The van der Waals surface area contributed by atoms with E-state index in [-0.39, 0.29) is 0 Å². The minimum absolute atomic E-state index is 0.622. The first kappa shape index (κ1) is 28.8. The molecule has 0 atom stereocenters. The fraction of sp³-hybridized carbons (Fsp3) is 0. The minimum atomic E-state index is 0.622. The molecule has 0 aliphatic carbocycles. The lowest BCUT2D eigenvalue weighted by Gasteiger charge is -2.20. The Bertz CT molecular complexity index is 3020. The van der Waals surface area contributed by atoms with E-state index in [0.717, 1.165) is 43.5 Å². The van der Waals surface area contributed by atoms with Crippen LogP contribution in [0.2, 0.25) is 0 Å². The van der Waals surface area contributed by atoms with Gasteiger partial charge in [-0.15, -0.1) is 0 Å². The van der Waals surface area contributed by atoms with Crippen molar-refractivity contribution in [2.24, 2.45) is 0 Å². The monoisotopic (exact) mass is 687 g/mol. The Kier molecular flexibility index (Phi) is 6.38. The molecule has 0 saturated carbocycles. The van der Waals surface area contributed by atoms with Crippen molar-refractivity contribution in [3.63, 3.8) is 0 Å². The smallest absolute Gasteiger partial charge is 0.165 e. The van der Waals surface area contributed by atoms with Crippen molar-refractivity contribution in [1.82, 2.24) is 15.0 Å². The van der Waals surface area contributed by atoms with Gasteiger partial charge in [-0.25, -0.2) is 15.0 Å². The van der Waals surface area contributed by atoms with Gasteiger partial charge in [-0.1, -0.05) is 121 Å². The Morgan fingerprint density at radius 2 is 0.863 bits per heavy atom.